The highest BCUT2D eigenvalue weighted by Crippen LogP contribution is 2.02. The van der Waals surface area contributed by atoms with Crippen molar-refractivity contribution in [2.75, 3.05) is 26.8 Å². The normalized spacial score (nSPS) is 9.86. The first kappa shape index (κ1) is 16.4. The van der Waals surface area contributed by atoms with Gasteiger partial charge in [-0.2, -0.15) is 0 Å². The van der Waals surface area contributed by atoms with Crippen molar-refractivity contribution >= 4 is 0 Å². The highest BCUT2D eigenvalue weighted by molar-refractivity contribution is 4.45. The van der Waals surface area contributed by atoms with Crippen molar-refractivity contribution in [3.05, 3.63) is 0 Å². The van der Waals surface area contributed by atoms with Gasteiger partial charge in [0.1, 0.15) is 0 Å². The Bertz CT molecular complexity index is 84.4. The third-order valence-corrected chi connectivity index (χ3v) is 1.79. The molecule has 0 amide bonds. The Morgan fingerprint density at radius 1 is 1.07 bits per heavy atom. The molecule has 0 aliphatic carbocycles. The van der Waals surface area contributed by atoms with Crippen LogP contribution in [-0.4, -0.2) is 26.8 Å². The van der Waals surface area contributed by atoms with Gasteiger partial charge < -0.3 is 10.1 Å². The largest absolute Gasteiger partial charge is 0.381 e. The summed E-state index contributed by atoms with van der Waals surface area (Å²) in [4.78, 5) is 0. The molecule has 0 fully saturated rings. The number of ether oxygens (including phenoxy) is 1. The topological polar surface area (TPSA) is 21.3 Å². The fourth-order valence-electron chi connectivity index (χ4n) is 1.05. The smallest absolute Gasteiger partial charge is 0.0478 e. The Balaban J connectivity index is 0. The van der Waals surface area contributed by atoms with Gasteiger partial charge in [0, 0.05) is 13.2 Å². The summed E-state index contributed by atoms with van der Waals surface area (Å²) in [6.07, 6.45) is 3.61. The van der Waals surface area contributed by atoms with Gasteiger partial charge in [0.05, 0.1) is 0 Å². The van der Waals surface area contributed by atoms with Crippen LogP contribution in [0.3, 0.4) is 0 Å². The van der Waals surface area contributed by atoms with Crippen LogP contribution in [0, 0.1) is 5.92 Å². The van der Waals surface area contributed by atoms with Crippen LogP contribution in [0.2, 0.25) is 0 Å². The lowest BCUT2D eigenvalue weighted by Crippen LogP contribution is -2.10. The molecular weight excluding hydrogens is 174 g/mol. The number of hydrogen-bond donors (Lipinski definition) is 1. The fraction of sp³-hybridized carbons (Fsp3) is 1.00. The first-order valence-electron chi connectivity index (χ1n) is 5.99. The molecule has 14 heavy (non-hydrogen) atoms. The zero-order valence-corrected chi connectivity index (χ0v) is 10.7. The molecule has 0 aliphatic rings. The maximum Gasteiger partial charge on any atom is 0.0478 e. The third-order valence-electron chi connectivity index (χ3n) is 1.79. The summed E-state index contributed by atoms with van der Waals surface area (Å²) in [5, 5.41) is 3.10. The number of nitrogens with one attached hydrogen (secondary N) is 1. The maximum atomic E-state index is 5.45. The second-order valence-corrected chi connectivity index (χ2v) is 3.61. The Morgan fingerprint density at radius 2 is 1.64 bits per heavy atom. The summed E-state index contributed by atoms with van der Waals surface area (Å²) >= 11 is 0. The summed E-state index contributed by atoms with van der Waals surface area (Å²) in [5.41, 5.74) is 0. The van der Waals surface area contributed by atoms with Gasteiger partial charge in [-0.15, -0.1) is 0 Å². The number of hydrogen-bond acceptors (Lipinski definition) is 2. The standard InChI is InChI=1S/C10H23NO.C2H6/c1-10(2)6-4-8-12-9-5-7-11-3;1-2/h10-11H,4-9H2,1-3H3;1-2H3. The zero-order valence-electron chi connectivity index (χ0n) is 10.7. The van der Waals surface area contributed by atoms with E-state index in [4.69, 9.17) is 4.74 Å². The van der Waals surface area contributed by atoms with Crippen LogP contribution >= 0.6 is 0 Å². The lowest BCUT2D eigenvalue weighted by molar-refractivity contribution is 0.126. The molecule has 0 rings (SSSR count). The summed E-state index contributed by atoms with van der Waals surface area (Å²) in [6, 6.07) is 0. The van der Waals surface area contributed by atoms with Crippen LogP contribution in [0.25, 0.3) is 0 Å². The molecular formula is C12H29NO. The predicted molar refractivity (Wildman–Crippen MR) is 64.8 cm³/mol. The van der Waals surface area contributed by atoms with E-state index in [1.165, 1.54) is 12.8 Å². The van der Waals surface area contributed by atoms with Crippen molar-refractivity contribution in [2.45, 2.75) is 47.0 Å². The van der Waals surface area contributed by atoms with E-state index in [1.807, 2.05) is 20.9 Å². The Labute approximate surface area is 90.4 Å². The lowest BCUT2D eigenvalue weighted by atomic mass is 10.1. The van der Waals surface area contributed by atoms with Crippen LogP contribution in [0.4, 0.5) is 0 Å². The van der Waals surface area contributed by atoms with Gasteiger partial charge in [0.25, 0.3) is 0 Å². The monoisotopic (exact) mass is 203 g/mol. The van der Waals surface area contributed by atoms with Crippen molar-refractivity contribution in [3.63, 3.8) is 0 Å². The SMILES string of the molecule is CC.CNCCCOCCCC(C)C. The third kappa shape index (κ3) is 17.9. The average Bonchev–Trinajstić information content (AvgIpc) is 2.19. The Kier molecular flexibility index (Phi) is 18.0. The minimum Gasteiger partial charge on any atom is -0.381 e. The molecule has 0 aliphatic heterocycles. The van der Waals surface area contributed by atoms with E-state index in [0.29, 0.717) is 0 Å². The maximum absolute atomic E-state index is 5.45. The summed E-state index contributed by atoms with van der Waals surface area (Å²) in [7, 11) is 1.97. The van der Waals surface area contributed by atoms with Crippen molar-refractivity contribution in [1.29, 1.82) is 0 Å². The van der Waals surface area contributed by atoms with Gasteiger partial charge in [-0.05, 0) is 38.8 Å². The molecule has 0 heterocycles. The van der Waals surface area contributed by atoms with Gasteiger partial charge in [0.15, 0.2) is 0 Å². The minimum atomic E-state index is 0.811. The average molecular weight is 203 g/mol. The summed E-state index contributed by atoms with van der Waals surface area (Å²) < 4.78 is 5.45. The molecule has 0 unspecified atom stereocenters. The highest BCUT2D eigenvalue weighted by atomic mass is 16.5. The van der Waals surface area contributed by atoms with Gasteiger partial charge >= 0.3 is 0 Å². The van der Waals surface area contributed by atoms with Crippen LogP contribution in [-0.2, 0) is 4.74 Å². The van der Waals surface area contributed by atoms with Crippen molar-refractivity contribution in [1.82, 2.24) is 5.32 Å². The molecule has 2 heteroatoms. The van der Waals surface area contributed by atoms with Crippen LogP contribution in [0.1, 0.15) is 47.0 Å². The Morgan fingerprint density at radius 3 is 2.14 bits per heavy atom. The predicted octanol–water partition coefficient (Wildman–Crippen LogP) is 3.07. The first-order chi connectivity index (χ1) is 6.77. The van der Waals surface area contributed by atoms with E-state index in [-0.39, 0.29) is 0 Å². The second-order valence-electron chi connectivity index (χ2n) is 3.61. The summed E-state index contributed by atoms with van der Waals surface area (Å²) in [6.45, 7) is 11.4. The molecule has 1 N–H and O–H groups in total. The van der Waals surface area contributed by atoms with Crippen molar-refractivity contribution in [3.8, 4) is 0 Å². The molecule has 0 atom stereocenters. The van der Waals surface area contributed by atoms with Crippen LogP contribution < -0.4 is 5.32 Å². The van der Waals surface area contributed by atoms with E-state index in [2.05, 4.69) is 19.2 Å². The molecule has 0 saturated carbocycles. The second kappa shape index (κ2) is 15.4. The molecule has 0 bridgehead atoms. The van der Waals surface area contributed by atoms with E-state index in [9.17, 15) is 0 Å². The number of rotatable bonds is 8. The van der Waals surface area contributed by atoms with Gasteiger partial charge in [0.2, 0.25) is 0 Å². The van der Waals surface area contributed by atoms with Crippen molar-refractivity contribution < 1.29 is 4.74 Å². The minimum absolute atomic E-state index is 0.811. The first-order valence-corrected chi connectivity index (χ1v) is 5.99. The van der Waals surface area contributed by atoms with Crippen molar-refractivity contribution in [2.24, 2.45) is 5.92 Å². The molecule has 0 aromatic rings. The Hall–Kier alpha value is -0.0800. The van der Waals surface area contributed by atoms with Gasteiger partial charge in [-0.1, -0.05) is 27.7 Å². The highest BCUT2D eigenvalue weighted by Gasteiger charge is 1.93. The van der Waals surface area contributed by atoms with Gasteiger partial charge in [-0.3, -0.25) is 0 Å². The summed E-state index contributed by atoms with van der Waals surface area (Å²) in [5.74, 6) is 0.811. The van der Waals surface area contributed by atoms with E-state index >= 15 is 0 Å². The van der Waals surface area contributed by atoms with E-state index in [1.54, 1.807) is 0 Å². The van der Waals surface area contributed by atoms with Gasteiger partial charge in [-0.25, -0.2) is 0 Å². The molecule has 2 nitrogen and oxygen atoms in total. The molecule has 88 valence electrons. The molecule has 0 saturated heterocycles. The van der Waals surface area contributed by atoms with Crippen LogP contribution in [0.15, 0.2) is 0 Å². The van der Waals surface area contributed by atoms with E-state index in [0.717, 1.165) is 32.1 Å². The molecule has 0 aromatic heterocycles. The van der Waals surface area contributed by atoms with Crippen LogP contribution in [0.5, 0.6) is 0 Å². The quantitative estimate of drug-likeness (QED) is 0.612. The zero-order chi connectivity index (χ0) is 11.2. The molecule has 0 radical (unpaired) electrons. The lowest BCUT2D eigenvalue weighted by Gasteiger charge is -2.05. The molecule has 0 spiro atoms. The fourth-order valence-corrected chi connectivity index (χ4v) is 1.05. The molecule has 0 aromatic carbocycles. The van der Waals surface area contributed by atoms with E-state index < -0.39 is 0 Å².